The minimum Gasteiger partial charge on any atom is -0.487 e. The van der Waals surface area contributed by atoms with E-state index in [1.807, 2.05) is 6.92 Å². The molecular formula is C13H20N2O4. The average molecular weight is 268 g/mol. The van der Waals surface area contributed by atoms with E-state index in [0.29, 0.717) is 31.9 Å². The highest BCUT2D eigenvalue weighted by molar-refractivity contribution is 5.48. The largest absolute Gasteiger partial charge is 0.487 e. The van der Waals surface area contributed by atoms with Crippen molar-refractivity contribution < 1.29 is 14.4 Å². The van der Waals surface area contributed by atoms with Crippen molar-refractivity contribution in [2.45, 2.75) is 19.9 Å². The molecule has 1 aromatic rings. The van der Waals surface area contributed by atoms with Crippen molar-refractivity contribution in [2.75, 3.05) is 26.9 Å². The molecule has 0 spiro atoms. The summed E-state index contributed by atoms with van der Waals surface area (Å²) in [4.78, 5) is 10.5. The fourth-order valence-electron chi connectivity index (χ4n) is 1.59. The van der Waals surface area contributed by atoms with Gasteiger partial charge in [-0.2, -0.15) is 0 Å². The lowest BCUT2D eigenvalue weighted by Gasteiger charge is -2.09. The molecule has 0 aliphatic rings. The second-order valence-corrected chi connectivity index (χ2v) is 4.03. The van der Waals surface area contributed by atoms with E-state index >= 15 is 0 Å². The smallest absolute Gasteiger partial charge is 0.310 e. The zero-order valence-corrected chi connectivity index (χ0v) is 11.3. The lowest BCUT2D eigenvalue weighted by Crippen LogP contribution is -2.12. The van der Waals surface area contributed by atoms with Gasteiger partial charge in [0.2, 0.25) is 0 Å². The molecule has 19 heavy (non-hydrogen) atoms. The van der Waals surface area contributed by atoms with E-state index in [0.717, 1.165) is 12.1 Å². The van der Waals surface area contributed by atoms with E-state index < -0.39 is 4.92 Å². The zero-order chi connectivity index (χ0) is 14.1. The maximum absolute atomic E-state index is 10.9. The first-order valence-corrected chi connectivity index (χ1v) is 6.28. The molecule has 0 fully saturated rings. The Morgan fingerprint density at radius 3 is 2.79 bits per heavy atom. The monoisotopic (exact) mass is 268 g/mol. The SMILES string of the molecule is CCNCc1ccc([N+](=O)[O-])c(OCCCOC)c1. The topological polar surface area (TPSA) is 73.6 Å². The maximum Gasteiger partial charge on any atom is 0.310 e. The number of nitrogens with one attached hydrogen (secondary N) is 1. The summed E-state index contributed by atoms with van der Waals surface area (Å²) < 4.78 is 10.4. The van der Waals surface area contributed by atoms with Crippen LogP contribution in [0.1, 0.15) is 18.9 Å². The number of methoxy groups -OCH3 is 1. The van der Waals surface area contributed by atoms with Crippen LogP contribution in [0, 0.1) is 10.1 Å². The van der Waals surface area contributed by atoms with Crippen LogP contribution in [0.15, 0.2) is 18.2 Å². The first-order chi connectivity index (χ1) is 9.19. The van der Waals surface area contributed by atoms with Crippen molar-refractivity contribution in [3.05, 3.63) is 33.9 Å². The summed E-state index contributed by atoms with van der Waals surface area (Å²) in [7, 11) is 1.61. The van der Waals surface area contributed by atoms with Crippen molar-refractivity contribution in [3.63, 3.8) is 0 Å². The predicted molar refractivity (Wildman–Crippen MR) is 72.5 cm³/mol. The summed E-state index contributed by atoms with van der Waals surface area (Å²) in [6.45, 7) is 4.50. The van der Waals surface area contributed by atoms with Crippen LogP contribution < -0.4 is 10.1 Å². The Balaban J connectivity index is 2.74. The van der Waals surface area contributed by atoms with Crippen molar-refractivity contribution >= 4 is 5.69 Å². The molecule has 0 unspecified atom stereocenters. The third-order valence-electron chi connectivity index (χ3n) is 2.55. The number of rotatable bonds is 9. The van der Waals surface area contributed by atoms with Crippen molar-refractivity contribution in [2.24, 2.45) is 0 Å². The van der Waals surface area contributed by atoms with E-state index in [2.05, 4.69) is 5.32 Å². The normalized spacial score (nSPS) is 10.4. The van der Waals surface area contributed by atoms with E-state index in [9.17, 15) is 10.1 Å². The number of ether oxygens (including phenoxy) is 2. The van der Waals surface area contributed by atoms with Crippen molar-refractivity contribution in [1.29, 1.82) is 0 Å². The quantitative estimate of drug-likeness (QED) is 0.422. The molecule has 0 aliphatic carbocycles. The third kappa shape index (κ3) is 5.23. The van der Waals surface area contributed by atoms with Crippen LogP contribution in [0.2, 0.25) is 0 Å². The van der Waals surface area contributed by atoms with Crippen molar-refractivity contribution in [1.82, 2.24) is 5.32 Å². The zero-order valence-electron chi connectivity index (χ0n) is 11.3. The maximum atomic E-state index is 10.9. The van der Waals surface area contributed by atoms with Gasteiger partial charge in [0, 0.05) is 32.7 Å². The van der Waals surface area contributed by atoms with Crippen LogP contribution in [0.4, 0.5) is 5.69 Å². The number of nitro groups is 1. The molecule has 0 heterocycles. The molecule has 0 saturated heterocycles. The summed E-state index contributed by atoms with van der Waals surface area (Å²) in [5, 5.41) is 14.1. The number of nitro benzene ring substituents is 1. The van der Waals surface area contributed by atoms with Gasteiger partial charge in [0.1, 0.15) is 0 Å². The van der Waals surface area contributed by atoms with Crippen LogP contribution in [0.5, 0.6) is 5.75 Å². The number of nitrogens with zero attached hydrogens (tertiary/aromatic N) is 1. The van der Waals surface area contributed by atoms with E-state index in [1.54, 1.807) is 19.2 Å². The average Bonchev–Trinajstić information content (AvgIpc) is 2.41. The van der Waals surface area contributed by atoms with E-state index in [-0.39, 0.29) is 5.69 Å². The van der Waals surface area contributed by atoms with Crippen LogP contribution in [-0.4, -0.2) is 31.8 Å². The third-order valence-corrected chi connectivity index (χ3v) is 2.55. The standard InChI is InChI=1S/C13H20N2O4/c1-3-14-10-11-5-6-12(15(16)17)13(9-11)19-8-4-7-18-2/h5-6,9,14H,3-4,7-8,10H2,1-2H3. The Labute approximate surface area is 112 Å². The molecule has 1 aromatic carbocycles. The predicted octanol–water partition coefficient (Wildman–Crippen LogP) is 2.12. The van der Waals surface area contributed by atoms with Gasteiger partial charge < -0.3 is 14.8 Å². The van der Waals surface area contributed by atoms with Crippen LogP contribution in [0.3, 0.4) is 0 Å². The Morgan fingerprint density at radius 2 is 2.16 bits per heavy atom. The van der Waals surface area contributed by atoms with Crippen LogP contribution in [-0.2, 0) is 11.3 Å². The van der Waals surface area contributed by atoms with Crippen LogP contribution >= 0.6 is 0 Å². The molecule has 0 aliphatic heterocycles. The second-order valence-electron chi connectivity index (χ2n) is 4.03. The lowest BCUT2D eigenvalue weighted by molar-refractivity contribution is -0.385. The molecule has 1 rings (SSSR count). The fourth-order valence-corrected chi connectivity index (χ4v) is 1.59. The lowest BCUT2D eigenvalue weighted by atomic mass is 10.2. The van der Waals surface area contributed by atoms with Crippen molar-refractivity contribution in [3.8, 4) is 5.75 Å². The van der Waals surface area contributed by atoms with E-state index in [4.69, 9.17) is 9.47 Å². The Hall–Kier alpha value is -1.66. The number of hydrogen-bond acceptors (Lipinski definition) is 5. The summed E-state index contributed by atoms with van der Waals surface area (Å²) in [6.07, 6.45) is 0.699. The summed E-state index contributed by atoms with van der Waals surface area (Å²) >= 11 is 0. The molecule has 0 radical (unpaired) electrons. The Kier molecular flexibility index (Phi) is 6.84. The molecule has 6 heteroatoms. The van der Waals surface area contributed by atoms with Gasteiger partial charge in [0.25, 0.3) is 0 Å². The Morgan fingerprint density at radius 1 is 1.37 bits per heavy atom. The van der Waals surface area contributed by atoms with E-state index in [1.165, 1.54) is 6.07 Å². The number of hydrogen-bond donors (Lipinski definition) is 1. The highest BCUT2D eigenvalue weighted by Gasteiger charge is 2.15. The Bertz CT molecular complexity index is 410. The first kappa shape index (κ1) is 15.4. The highest BCUT2D eigenvalue weighted by atomic mass is 16.6. The minimum atomic E-state index is -0.428. The molecule has 0 amide bonds. The van der Waals surface area contributed by atoms with Gasteiger partial charge in [0.05, 0.1) is 11.5 Å². The van der Waals surface area contributed by atoms with Gasteiger partial charge in [-0.3, -0.25) is 10.1 Å². The van der Waals surface area contributed by atoms with Gasteiger partial charge in [0.15, 0.2) is 5.75 Å². The van der Waals surface area contributed by atoms with Gasteiger partial charge in [-0.05, 0) is 18.2 Å². The summed E-state index contributed by atoms with van der Waals surface area (Å²) in [5.74, 6) is 0.316. The number of benzene rings is 1. The van der Waals surface area contributed by atoms with Crippen LogP contribution in [0.25, 0.3) is 0 Å². The molecule has 106 valence electrons. The fraction of sp³-hybridized carbons (Fsp3) is 0.538. The molecule has 0 atom stereocenters. The molecule has 6 nitrogen and oxygen atoms in total. The minimum absolute atomic E-state index is 0.00216. The highest BCUT2D eigenvalue weighted by Crippen LogP contribution is 2.28. The summed E-state index contributed by atoms with van der Waals surface area (Å²) in [6, 6.07) is 4.94. The van der Waals surface area contributed by atoms with Gasteiger partial charge in [-0.1, -0.05) is 13.0 Å². The molecule has 1 N–H and O–H groups in total. The summed E-state index contributed by atoms with van der Waals surface area (Å²) in [5.41, 5.74) is 0.965. The second kappa shape index (κ2) is 8.44. The molecule has 0 saturated carbocycles. The molecule has 0 bridgehead atoms. The van der Waals surface area contributed by atoms with Gasteiger partial charge in [-0.15, -0.1) is 0 Å². The molecule has 0 aromatic heterocycles. The van der Waals surface area contributed by atoms with Gasteiger partial charge in [-0.25, -0.2) is 0 Å². The van der Waals surface area contributed by atoms with Gasteiger partial charge >= 0.3 is 5.69 Å². The first-order valence-electron chi connectivity index (χ1n) is 6.28. The molecular weight excluding hydrogens is 248 g/mol.